The Hall–Kier alpha value is -3.25. The van der Waals surface area contributed by atoms with E-state index in [1.165, 1.54) is 0 Å². The minimum absolute atomic E-state index is 0.103. The van der Waals surface area contributed by atoms with Crippen molar-refractivity contribution in [2.24, 2.45) is 0 Å². The van der Waals surface area contributed by atoms with Gasteiger partial charge in [-0.1, -0.05) is 18.2 Å². The van der Waals surface area contributed by atoms with E-state index in [0.29, 0.717) is 23.7 Å². The number of ether oxygens (including phenoxy) is 3. The lowest BCUT2D eigenvalue weighted by atomic mass is 10.1. The van der Waals surface area contributed by atoms with E-state index >= 15 is 0 Å². The molecule has 0 spiro atoms. The minimum Gasteiger partial charge on any atom is -0.497 e. The number of hydrogen-bond acceptors (Lipinski definition) is 5. The first-order valence-corrected chi connectivity index (χ1v) is 9.29. The summed E-state index contributed by atoms with van der Waals surface area (Å²) in [5, 5.41) is 5.16. The molecule has 3 rings (SSSR count). The molecule has 6 heteroatoms. The average Bonchev–Trinajstić information content (AvgIpc) is 2.72. The highest BCUT2D eigenvalue weighted by Gasteiger charge is 2.10. The van der Waals surface area contributed by atoms with Crippen molar-refractivity contribution in [3.8, 4) is 17.2 Å². The lowest BCUT2D eigenvalue weighted by molar-refractivity contribution is -0.117. The van der Waals surface area contributed by atoms with Crippen LogP contribution < -0.4 is 19.5 Å². The van der Waals surface area contributed by atoms with Crippen LogP contribution in [-0.2, 0) is 11.3 Å². The summed E-state index contributed by atoms with van der Waals surface area (Å²) in [6.07, 6.45) is 0. The van der Waals surface area contributed by atoms with Crippen molar-refractivity contribution in [2.75, 3.05) is 40.2 Å². The normalized spacial score (nSPS) is 10.8. The van der Waals surface area contributed by atoms with E-state index in [0.717, 1.165) is 22.1 Å². The zero-order valence-electron chi connectivity index (χ0n) is 17.2. The summed E-state index contributed by atoms with van der Waals surface area (Å²) >= 11 is 0. The lowest BCUT2D eigenvalue weighted by Crippen LogP contribution is -2.29. The van der Waals surface area contributed by atoms with Gasteiger partial charge in [0.2, 0.25) is 5.91 Å². The van der Waals surface area contributed by atoms with E-state index in [9.17, 15) is 4.79 Å². The topological polar surface area (TPSA) is 60.0 Å². The van der Waals surface area contributed by atoms with Crippen LogP contribution in [0.5, 0.6) is 17.2 Å². The summed E-state index contributed by atoms with van der Waals surface area (Å²) in [5.74, 6) is 1.99. The standard InChI is InChI=1S/C23H26N2O4/c1-25(14-16-5-6-18-10-20(27-2)8-7-17(18)9-16)15-23(26)24-19-11-21(28-3)13-22(12-19)29-4/h5-13H,14-15H2,1-4H3,(H,24,26). The molecule has 0 aliphatic carbocycles. The first-order chi connectivity index (χ1) is 14.0. The Balaban J connectivity index is 1.62. The second kappa shape index (κ2) is 9.30. The number of likely N-dealkylation sites (N-methyl/N-ethyl adjacent to an activating group) is 1. The van der Waals surface area contributed by atoms with Crippen molar-refractivity contribution >= 4 is 22.4 Å². The molecule has 0 atom stereocenters. The molecule has 1 amide bonds. The number of rotatable bonds is 8. The molecule has 0 saturated heterocycles. The summed E-state index contributed by atoms with van der Waals surface area (Å²) in [6, 6.07) is 17.6. The quantitative estimate of drug-likeness (QED) is 0.627. The Bertz CT molecular complexity index is 981. The van der Waals surface area contributed by atoms with Crippen molar-refractivity contribution in [2.45, 2.75) is 6.54 Å². The predicted molar refractivity (Wildman–Crippen MR) is 115 cm³/mol. The third-order valence-electron chi connectivity index (χ3n) is 4.61. The zero-order valence-corrected chi connectivity index (χ0v) is 17.2. The molecule has 1 N–H and O–H groups in total. The number of nitrogens with one attached hydrogen (secondary N) is 1. The second-order valence-electron chi connectivity index (χ2n) is 6.87. The molecule has 0 aliphatic heterocycles. The summed E-state index contributed by atoms with van der Waals surface area (Å²) in [7, 11) is 6.74. The van der Waals surface area contributed by atoms with Crippen molar-refractivity contribution in [3.05, 3.63) is 60.2 Å². The Labute approximate surface area is 171 Å². The molecule has 29 heavy (non-hydrogen) atoms. The van der Waals surface area contributed by atoms with Crippen molar-refractivity contribution in [3.63, 3.8) is 0 Å². The number of carbonyl (C=O) groups is 1. The second-order valence-corrected chi connectivity index (χ2v) is 6.87. The third kappa shape index (κ3) is 5.39. The Kier molecular flexibility index (Phi) is 6.57. The molecule has 0 fully saturated rings. The SMILES string of the molecule is COc1cc(NC(=O)CN(C)Cc2ccc3cc(OC)ccc3c2)cc(OC)c1. The highest BCUT2D eigenvalue weighted by molar-refractivity contribution is 5.92. The molecule has 3 aromatic carbocycles. The molecule has 0 saturated carbocycles. The first kappa shape index (κ1) is 20.5. The van der Waals surface area contributed by atoms with Gasteiger partial charge in [-0.25, -0.2) is 0 Å². The molecular formula is C23H26N2O4. The number of methoxy groups -OCH3 is 3. The van der Waals surface area contributed by atoms with Gasteiger partial charge in [-0.05, 0) is 41.6 Å². The van der Waals surface area contributed by atoms with Crippen LogP contribution in [0.15, 0.2) is 54.6 Å². The largest absolute Gasteiger partial charge is 0.497 e. The van der Waals surface area contributed by atoms with Gasteiger partial charge >= 0.3 is 0 Å². The number of hydrogen-bond donors (Lipinski definition) is 1. The molecule has 0 aromatic heterocycles. The molecule has 152 valence electrons. The fourth-order valence-corrected chi connectivity index (χ4v) is 3.19. The van der Waals surface area contributed by atoms with Gasteiger partial charge < -0.3 is 19.5 Å². The number of nitrogens with zero attached hydrogens (tertiary/aromatic N) is 1. The highest BCUT2D eigenvalue weighted by atomic mass is 16.5. The summed E-state index contributed by atoms with van der Waals surface area (Å²) in [6.45, 7) is 0.928. The maximum atomic E-state index is 12.4. The van der Waals surface area contributed by atoms with Gasteiger partial charge in [-0.2, -0.15) is 0 Å². The van der Waals surface area contributed by atoms with Crippen LogP contribution in [0.4, 0.5) is 5.69 Å². The number of amides is 1. The number of carbonyl (C=O) groups excluding carboxylic acids is 1. The molecule has 3 aromatic rings. The maximum absolute atomic E-state index is 12.4. The van der Waals surface area contributed by atoms with Gasteiger partial charge in [0.05, 0.1) is 27.9 Å². The van der Waals surface area contributed by atoms with Crippen LogP contribution in [0.2, 0.25) is 0 Å². The average molecular weight is 394 g/mol. The molecule has 0 heterocycles. The van der Waals surface area contributed by atoms with Crippen LogP contribution in [-0.4, -0.2) is 45.7 Å². The van der Waals surface area contributed by atoms with Crippen LogP contribution >= 0.6 is 0 Å². The minimum atomic E-state index is -0.103. The fourth-order valence-electron chi connectivity index (χ4n) is 3.19. The van der Waals surface area contributed by atoms with Gasteiger partial charge in [-0.15, -0.1) is 0 Å². The predicted octanol–water partition coefficient (Wildman–Crippen LogP) is 3.94. The van der Waals surface area contributed by atoms with Gasteiger partial charge in [0.25, 0.3) is 0 Å². The van der Waals surface area contributed by atoms with E-state index in [1.807, 2.05) is 30.1 Å². The summed E-state index contributed by atoms with van der Waals surface area (Å²) < 4.78 is 15.7. The van der Waals surface area contributed by atoms with Gasteiger partial charge in [-0.3, -0.25) is 9.69 Å². The van der Waals surface area contributed by atoms with E-state index < -0.39 is 0 Å². The van der Waals surface area contributed by atoms with Crippen molar-refractivity contribution < 1.29 is 19.0 Å². The van der Waals surface area contributed by atoms with Crippen molar-refractivity contribution in [1.29, 1.82) is 0 Å². The molecule has 0 bridgehead atoms. The van der Waals surface area contributed by atoms with Crippen LogP contribution in [0, 0.1) is 0 Å². The molecule has 0 aliphatic rings. The van der Waals surface area contributed by atoms with E-state index in [2.05, 4.69) is 23.5 Å². The van der Waals surface area contributed by atoms with Gasteiger partial charge in [0.15, 0.2) is 0 Å². The van der Waals surface area contributed by atoms with E-state index in [4.69, 9.17) is 14.2 Å². The first-order valence-electron chi connectivity index (χ1n) is 9.29. The number of anilines is 1. The lowest BCUT2D eigenvalue weighted by Gasteiger charge is -2.17. The maximum Gasteiger partial charge on any atom is 0.238 e. The summed E-state index contributed by atoms with van der Waals surface area (Å²) in [5.41, 5.74) is 1.78. The van der Waals surface area contributed by atoms with Crippen molar-refractivity contribution in [1.82, 2.24) is 4.90 Å². The summed E-state index contributed by atoms with van der Waals surface area (Å²) in [4.78, 5) is 14.4. The Morgan fingerprint density at radius 2 is 1.45 bits per heavy atom. The molecule has 6 nitrogen and oxygen atoms in total. The van der Waals surface area contributed by atoms with Gasteiger partial charge in [0, 0.05) is 30.4 Å². The number of benzene rings is 3. The fraction of sp³-hybridized carbons (Fsp3) is 0.261. The third-order valence-corrected chi connectivity index (χ3v) is 4.61. The van der Waals surface area contributed by atoms with E-state index in [1.54, 1.807) is 39.5 Å². The van der Waals surface area contributed by atoms with Crippen LogP contribution in [0.25, 0.3) is 10.8 Å². The zero-order chi connectivity index (χ0) is 20.8. The molecule has 0 radical (unpaired) electrons. The van der Waals surface area contributed by atoms with Crippen LogP contribution in [0.1, 0.15) is 5.56 Å². The van der Waals surface area contributed by atoms with Gasteiger partial charge in [0.1, 0.15) is 17.2 Å². The smallest absolute Gasteiger partial charge is 0.238 e. The number of fused-ring (bicyclic) bond motifs is 1. The molecular weight excluding hydrogens is 368 g/mol. The van der Waals surface area contributed by atoms with E-state index in [-0.39, 0.29) is 12.5 Å². The monoisotopic (exact) mass is 394 g/mol. The molecule has 0 unspecified atom stereocenters. The highest BCUT2D eigenvalue weighted by Crippen LogP contribution is 2.26. The Morgan fingerprint density at radius 1 is 0.828 bits per heavy atom. The Morgan fingerprint density at radius 3 is 2.10 bits per heavy atom. The van der Waals surface area contributed by atoms with Crippen LogP contribution in [0.3, 0.4) is 0 Å².